The van der Waals surface area contributed by atoms with Gasteiger partial charge in [0.25, 0.3) is 0 Å². The molecule has 1 N–H and O–H groups in total. The van der Waals surface area contributed by atoms with Gasteiger partial charge in [0.2, 0.25) is 5.91 Å². The van der Waals surface area contributed by atoms with Gasteiger partial charge in [0.05, 0.1) is 12.5 Å². The molecule has 92 valence electrons. The Morgan fingerprint density at radius 2 is 1.81 bits per heavy atom. The maximum atomic E-state index is 11.8. The summed E-state index contributed by atoms with van der Waals surface area (Å²) in [6, 6.07) is 0.435. The molecule has 3 heteroatoms. The van der Waals surface area contributed by atoms with Crippen LogP contribution in [-0.4, -0.2) is 24.7 Å². The number of ether oxygens (including phenoxy) is 1. The maximum absolute atomic E-state index is 11.8. The second-order valence-electron chi connectivity index (χ2n) is 5.10. The third kappa shape index (κ3) is 3.78. The predicted octanol–water partition coefficient (Wildman–Crippen LogP) is 2.39. The van der Waals surface area contributed by atoms with Crippen LogP contribution in [-0.2, 0) is 9.53 Å². The average molecular weight is 225 g/mol. The summed E-state index contributed by atoms with van der Waals surface area (Å²) in [5.41, 5.74) is 0. The zero-order valence-electron chi connectivity index (χ0n) is 10.0. The van der Waals surface area contributed by atoms with Crippen molar-refractivity contribution in [2.45, 2.75) is 69.9 Å². The normalized spacial score (nSPS) is 27.6. The summed E-state index contributed by atoms with van der Waals surface area (Å²) in [7, 11) is 0. The van der Waals surface area contributed by atoms with Crippen LogP contribution in [0.1, 0.15) is 57.8 Å². The lowest BCUT2D eigenvalue weighted by atomic mass is 9.95. The first-order valence-electron chi connectivity index (χ1n) is 6.75. The van der Waals surface area contributed by atoms with E-state index in [0.29, 0.717) is 12.5 Å². The largest absolute Gasteiger partial charge is 0.378 e. The molecule has 1 heterocycles. The van der Waals surface area contributed by atoms with Crippen LogP contribution in [0.4, 0.5) is 0 Å². The third-order valence-corrected chi connectivity index (χ3v) is 3.66. The summed E-state index contributed by atoms with van der Waals surface area (Å²) in [6.45, 7) is 0.835. The minimum atomic E-state index is 0.178. The van der Waals surface area contributed by atoms with Crippen LogP contribution < -0.4 is 5.32 Å². The summed E-state index contributed by atoms with van der Waals surface area (Å²) >= 11 is 0. The summed E-state index contributed by atoms with van der Waals surface area (Å²) < 4.78 is 5.58. The topological polar surface area (TPSA) is 38.3 Å². The van der Waals surface area contributed by atoms with E-state index in [1.165, 1.54) is 25.7 Å². The van der Waals surface area contributed by atoms with Crippen LogP contribution in [0.15, 0.2) is 0 Å². The van der Waals surface area contributed by atoms with Gasteiger partial charge in [-0.15, -0.1) is 0 Å². The Balaban J connectivity index is 1.66. The molecular formula is C13H23NO2. The molecule has 0 spiro atoms. The first-order chi connectivity index (χ1) is 7.84. The first kappa shape index (κ1) is 11.9. The second kappa shape index (κ2) is 6.24. The predicted molar refractivity (Wildman–Crippen MR) is 63.2 cm³/mol. The molecule has 0 aromatic heterocycles. The lowest BCUT2D eigenvalue weighted by molar-refractivity contribution is -0.125. The van der Waals surface area contributed by atoms with E-state index in [1.54, 1.807) is 0 Å². The molecule has 1 amide bonds. The van der Waals surface area contributed by atoms with Crippen molar-refractivity contribution < 1.29 is 9.53 Å². The van der Waals surface area contributed by atoms with Gasteiger partial charge >= 0.3 is 0 Å². The van der Waals surface area contributed by atoms with E-state index < -0.39 is 0 Å². The molecule has 0 radical (unpaired) electrons. The lowest BCUT2D eigenvalue weighted by Crippen LogP contribution is -2.38. The van der Waals surface area contributed by atoms with Gasteiger partial charge in [-0.05, 0) is 32.1 Å². The molecule has 2 rings (SSSR count). The molecule has 1 saturated carbocycles. The molecule has 1 atom stereocenters. The van der Waals surface area contributed by atoms with Gasteiger partial charge in [-0.2, -0.15) is 0 Å². The highest BCUT2D eigenvalue weighted by atomic mass is 16.5. The summed E-state index contributed by atoms with van der Waals surface area (Å²) in [6.07, 6.45) is 10.4. The fourth-order valence-electron chi connectivity index (χ4n) is 2.71. The lowest BCUT2D eigenvalue weighted by Gasteiger charge is -2.25. The van der Waals surface area contributed by atoms with Crippen LogP contribution in [0.25, 0.3) is 0 Å². The molecule has 3 nitrogen and oxygen atoms in total. The minimum Gasteiger partial charge on any atom is -0.378 e. The van der Waals surface area contributed by atoms with E-state index in [9.17, 15) is 4.79 Å². The van der Waals surface area contributed by atoms with Crippen molar-refractivity contribution in [2.24, 2.45) is 0 Å². The molecule has 1 unspecified atom stereocenters. The van der Waals surface area contributed by atoms with E-state index in [1.807, 2.05) is 0 Å². The fourth-order valence-corrected chi connectivity index (χ4v) is 2.71. The van der Waals surface area contributed by atoms with Crippen molar-refractivity contribution in [3.63, 3.8) is 0 Å². The quantitative estimate of drug-likeness (QED) is 0.801. The van der Waals surface area contributed by atoms with Crippen LogP contribution in [0, 0.1) is 0 Å². The zero-order valence-corrected chi connectivity index (χ0v) is 10.0. The molecule has 1 aliphatic carbocycles. The molecule has 1 saturated heterocycles. The summed E-state index contributed by atoms with van der Waals surface area (Å²) in [5, 5.41) is 3.15. The number of hydrogen-bond acceptors (Lipinski definition) is 2. The van der Waals surface area contributed by atoms with Crippen molar-refractivity contribution in [1.29, 1.82) is 0 Å². The Bertz CT molecular complexity index is 196. The van der Waals surface area contributed by atoms with Gasteiger partial charge in [-0.1, -0.05) is 19.3 Å². The fraction of sp³-hybridized carbons (Fsp3) is 0.923. The summed E-state index contributed by atoms with van der Waals surface area (Å²) in [4.78, 5) is 11.8. The van der Waals surface area contributed by atoms with E-state index in [-0.39, 0.29) is 12.0 Å². The van der Waals surface area contributed by atoms with Crippen molar-refractivity contribution >= 4 is 5.91 Å². The zero-order chi connectivity index (χ0) is 11.2. The van der Waals surface area contributed by atoms with Gasteiger partial charge in [0.1, 0.15) is 0 Å². The highest BCUT2D eigenvalue weighted by molar-refractivity contribution is 5.76. The number of nitrogens with one attached hydrogen (secondary N) is 1. The van der Waals surface area contributed by atoms with Crippen LogP contribution in [0.3, 0.4) is 0 Å². The molecular weight excluding hydrogens is 202 g/mol. The summed E-state index contributed by atoms with van der Waals surface area (Å²) in [5.74, 6) is 0.193. The van der Waals surface area contributed by atoms with E-state index in [4.69, 9.17) is 4.74 Å². The SMILES string of the molecule is O=C(CC1CCCCO1)NC1CCCCC1. The monoisotopic (exact) mass is 225 g/mol. The Morgan fingerprint density at radius 3 is 2.50 bits per heavy atom. The van der Waals surface area contributed by atoms with Gasteiger partial charge in [-0.25, -0.2) is 0 Å². The number of carbonyl (C=O) groups is 1. The van der Waals surface area contributed by atoms with Gasteiger partial charge in [-0.3, -0.25) is 4.79 Å². The number of hydrogen-bond donors (Lipinski definition) is 1. The molecule has 1 aliphatic heterocycles. The smallest absolute Gasteiger partial charge is 0.222 e. The van der Waals surface area contributed by atoms with Crippen LogP contribution >= 0.6 is 0 Å². The van der Waals surface area contributed by atoms with Crippen molar-refractivity contribution in [2.75, 3.05) is 6.61 Å². The molecule has 2 aliphatic rings. The number of carbonyl (C=O) groups excluding carboxylic acids is 1. The Kier molecular flexibility index (Phi) is 4.64. The third-order valence-electron chi connectivity index (χ3n) is 3.66. The Hall–Kier alpha value is -0.570. The number of amides is 1. The van der Waals surface area contributed by atoms with E-state index in [2.05, 4.69) is 5.32 Å². The maximum Gasteiger partial charge on any atom is 0.222 e. The van der Waals surface area contributed by atoms with Crippen molar-refractivity contribution in [1.82, 2.24) is 5.32 Å². The highest BCUT2D eigenvalue weighted by Crippen LogP contribution is 2.19. The average Bonchev–Trinajstić information content (AvgIpc) is 2.31. The highest BCUT2D eigenvalue weighted by Gasteiger charge is 2.20. The standard InChI is InChI=1S/C13H23NO2/c15-13(10-12-8-4-5-9-16-12)14-11-6-2-1-3-7-11/h11-12H,1-10H2,(H,14,15). The molecule has 2 fully saturated rings. The van der Waals surface area contributed by atoms with E-state index in [0.717, 1.165) is 32.3 Å². The van der Waals surface area contributed by atoms with Gasteiger partial charge in [0.15, 0.2) is 0 Å². The Morgan fingerprint density at radius 1 is 1.06 bits per heavy atom. The first-order valence-corrected chi connectivity index (χ1v) is 6.75. The van der Waals surface area contributed by atoms with Crippen molar-refractivity contribution in [3.05, 3.63) is 0 Å². The van der Waals surface area contributed by atoms with Gasteiger partial charge in [0, 0.05) is 12.6 Å². The second-order valence-corrected chi connectivity index (χ2v) is 5.10. The minimum absolute atomic E-state index is 0.178. The van der Waals surface area contributed by atoms with Gasteiger partial charge < -0.3 is 10.1 Å². The molecule has 16 heavy (non-hydrogen) atoms. The van der Waals surface area contributed by atoms with Crippen LogP contribution in [0.2, 0.25) is 0 Å². The molecule has 0 aromatic rings. The number of rotatable bonds is 3. The van der Waals surface area contributed by atoms with E-state index >= 15 is 0 Å². The van der Waals surface area contributed by atoms with Crippen LogP contribution in [0.5, 0.6) is 0 Å². The molecule has 0 bridgehead atoms. The Labute approximate surface area is 97.9 Å². The molecule has 0 aromatic carbocycles. The van der Waals surface area contributed by atoms with Crippen molar-refractivity contribution in [3.8, 4) is 0 Å².